The molecule has 1 aromatic rings. The molecule has 2 radical (unpaired) electrons. The predicted octanol–water partition coefficient (Wildman–Crippen LogP) is 2.96. The fourth-order valence-corrected chi connectivity index (χ4v) is 0.975. The Labute approximate surface area is 69.0 Å². The highest BCUT2D eigenvalue weighted by Gasteiger charge is 2.32. The lowest BCUT2D eigenvalue weighted by atomic mass is 10.1. The van der Waals surface area contributed by atoms with Crippen molar-refractivity contribution in [2.45, 2.75) is 12.6 Å². The van der Waals surface area contributed by atoms with Gasteiger partial charge in [0.1, 0.15) is 0 Å². The first kappa shape index (κ1) is 9.10. The fraction of sp³-hybridized carbons (Fsp3) is 0.222. The van der Waals surface area contributed by atoms with Gasteiger partial charge in [0.15, 0.2) is 0 Å². The van der Waals surface area contributed by atoms with Crippen LogP contribution in [0.15, 0.2) is 24.3 Å². The minimum atomic E-state index is -4.30. The van der Waals surface area contributed by atoms with Gasteiger partial charge in [0, 0.05) is 0 Å². The molecule has 0 aliphatic carbocycles. The lowest BCUT2D eigenvalue weighted by molar-refractivity contribution is -0.138. The number of benzene rings is 1. The highest BCUT2D eigenvalue weighted by atomic mass is 19.4. The average Bonchev–Trinajstić information content (AvgIpc) is 2.03. The van der Waals surface area contributed by atoms with Crippen molar-refractivity contribution in [1.29, 1.82) is 0 Å². The standard InChI is InChI=1S/C9H7F3/c1-2-7-5-3-4-6-8(7)9(10,11)12/h1,3-6H,2H2. The van der Waals surface area contributed by atoms with E-state index in [0.717, 1.165) is 6.07 Å². The zero-order chi connectivity index (χ0) is 9.19. The van der Waals surface area contributed by atoms with Gasteiger partial charge in [-0.15, -0.1) is 0 Å². The van der Waals surface area contributed by atoms with Crippen molar-refractivity contribution in [1.82, 2.24) is 0 Å². The topological polar surface area (TPSA) is 0 Å². The summed E-state index contributed by atoms with van der Waals surface area (Å²) < 4.78 is 36.5. The summed E-state index contributed by atoms with van der Waals surface area (Å²) >= 11 is 0. The second-order valence-electron chi connectivity index (χ2n) is 2.36. The summed E-state index contributed by atoms with van der Waals surface area (Å²) in [5.41, 5.74) is -0.516. The fourth-order valence-electron chi connectivity index (χ4n) is 0.975. The van der Waals surface area contributed by atoms with E-state index in [1.54, 1.807) is 0 Å². The summed E-state index contributed by atoms with van der Waals surface area (Å²) in [5, 5.41) is 0. The Bertz CT molecular complexity index is 263. The van der Waals surface area contributed by atoms with Gasteiger partial charge >= 0.3 is 6.18 Å². The van der Waals surface area contributed by atoms with E-state index in [-0.39, 0.29) is 12.0 Å². The molecule has 3 heteroatoms. The monoisotopic (exact) mass is 172 g/mol. The maximum atomic E-state index is 12.2. The summed E-state index contributed by atoms with van der Waals surface area (Å²) in [7, 11) is 0. The molecule has 12 heavy (non-hydrogen) atoms. The summed E-state index contributed by atoms with van der Waals surface area (Å²) in [5.74, 6) is 0. The second kappa shape index (κ2) is 3.17. The maximum absolute atomic E-state index is 12.2. The molecule has 1 aromatic carbocycles. The molecule has 0 nitrogen and oxygen atoms in total. The summed E-state index contributed by atoms with van der Waals surface area (Å²) in [4.78, 5) is 0. The Morgan fingerprint density at radius 1 is 1.17 bits per heavy atom. The van der Waals surface area contributed by atoms with Gasteiger partial charge in [-0.2, -0.15) is 13.2 Å². The van der Waals surface area contributed by atoms with E-state index in [4.69, 9.17) is 6.92 Å². The third kappa shape index (κ3) is 1.78. The van der Waals surface area contributed by atoms with Gasteiger partial charge in [-0.25, -0.2) is 0 Å². The van der Waals surface area contributed by atoms with Crippen molar-refractivity contribution in [2.75, 3.05) is 0 Å². The molecule has 0 amide bonds. The van der Waals surface area contributed by atoms with Gasteiger partial charge < -0.3 is 0 Å². The van der Waals surface area contributed by atoms with E-state index in [2.05, 4.69) is 0 Å². The van der Waals surface area contributed by atoms with Gasteiger partial charge in [0.25, 0.3) is 0 Å². The van der Waals surface area contributed by atoms with Crippen LogP contribution in [0.5, 0.6) is 0 Å². The largest absolute Gasteiger partial charge is 0.416 e. The van der Waals surface area contributed by atoms with Crippen molar-refractivity contribution >= 4 is 0 Å². The van der Waals surface area contributed by atoms with Crippen LogP contribution in [0.3, 0.4) is 0 Å². The van der Waals surface area contributed by atoms with E-state index in [1.165, 1.54) is 18.2 Å². The summed E-state index contributed by atoms with van der Waals surface area (Å²) in [6.07, 6.45) is -4.38. The van der Waals surface area contributed by atoms with E-state index in [0.29, 0.717) is 0 Å². The van der Waals surface area contributed by atoms with Crippen LogP contribution in [0.2, 0.25) is 0 Å². The highest BCUT2D eigenvalue weighted by molar-refractivity contribution is 5.29. The van der Waals surface area contributed by atoms with Crippen LogP contribution < -0.4 is 0 Å². The minimum absolute atomic E-state index is 0.0876. The van der Waals surface area contributed by atoms with E-state index >= 15 is 0 Å². The molecule has 0 aliphatic rings. The molecular weight excluding hydrogens is 165 g/mol. The van der Waals surface area contributed by atoms with Crippen molar-refractivity contribution < 1.29 is 13.2 Å². The Kier molecular flexibility index (Phi) is 2.40. The molecule has 0 saturated carbocycles. The Hall–Kier alpha value is -0.990. The van der Waals surface area contributed by atoms with Crippen molar-refractivity contribution in [3.8, 4) is 0 Å². The molecule has 0 saturated heterocycles. The summed E-state index contributed by atoms with van der Waals surface area (Å²) in [6.45, 7) is 5.15. The van der Waals surface area contributed by atoms with E-state index < -0.39 is 11.7 Å². The number of halogens is 3. The first-order valence-corrected chi connectivity index (χ1v) is 3.41. The number of alkyl halides is 3. The van der Waals surface area contributed by atoms with Crippen molar-refractivity contribution in [2.24, 2.45) is 0 Å². The summed E-state index contributed by atoms with van der Waals surface area (Å²) in [6, 6.07) is 5.30. The van der Waals surface area contributed by atoms with Gasteiger partial charge in [0.05, 0.1) is 5.56 Å². The van der Waals surface area contributed by atoms with Gasteiger partial charge in [-0.05, 0) is 25.0 Å². The van der Waals surface area contributed by atoms with Gasteiger partial charge in [0.2, 0.25) is 0 Å². The molecule has 1 rings (SSSR count). The van der Waals surface area contributed by atoms with Crippen LogP contribution >= 0.6 is 0 Å². The molecule has 0 atom stereocenters. The second-order valence-corrected chi connectivity index (χ2v) is 2.36. The molecule has 0 aromatic heterocycles. The third-order valence-corrected chi connectivity index (χ3v) is 1.54. The molecule has 64 valence electrons. The van der Waals surface area contributed by atoms with E-state index in [1.807, 2.05) is 0 Å². The van der Waals surface area contributed by atoms with Crippen LogP contribution in [0, 0.1) is 6.92 Å². The molecule has 0 unspecified atom stereocenters. The Balaban J connectivity index is 3.14. The number of rotatable bonds is 1. The first-order valence-electron chi connectivity index (χ1n) is 3.41. The quantitative estimate of drug-likeness (QED) is 0.610. The van der Waals surface area contributed by atoms with Crippen molar-refractivity contribution in [3.63, 3.8) is 0 Å². The molecule has 0 fully saturated rings. The predicted molar refractivity (Wildman–Crippen MR) is 39.4 cm³/mol. The van der Waals surface area contributed by atoms with Crippen molar-refractivity contribution in [3.05, 3.63) is 42.3 Å². The molecule has 0 spiro atoms. The zero-order valence-corrected chi connectivity index (χ0v) is 6.23. The molecule has 0 bridgehead atoms. The highest BCUT2D eigenvalue weighted by Crippen LogP contribution is 2.31. The Morgan fingerprint density at radius 3 is 2.17 bits per heavy atom. The first-order chi connectivity index (χ1) is 5.55. The van der Waals surface area contributed by atoms with Gasteiger partial charge in [-0.3, -0.25) is 0 Å². The number of hydrogen-bond acceptors (Lipinski definition) is 0. The lowest BCUT2D eigenvalue weighted by Crippen LogP contribution is -2.08. The maximum Gasteiger partial charge on any atom is 0.416 e. The van der Waals surface area contributed by atoms with Crippen LogP contribution in [0.4, 0.5) is 13.2 Å². The smallest absolute Gasteiger partial charge is 0.166 e. The SMILES string of the molecule is [CH]Cc1ccccc1C(F)(F)F. The third-order valence-electron chi connectivity index (χ3n) is 1.54. The molecule has 0 aliphatic heterocycles. The molecule has 0 heterocycles. The van der Waals surface area contributed by atoms with E-state index in [9.17, 15) is 13.2 Å². The van der Waals surface area contributed by atoms with Crippen LogP contribution in [-0.2, 0) is 12.6 Å². The lowest BCUT2D eigenvalue weighted by Gasteiger charge is -2.10. The average molecular weight is 172 g/mol. The van der Waals surface area contributed by atoms with Gasteiger partial charge in [-0.1, -0.05) is 18.2 Å². The molecule has 0 N–H and O–H groups in total. The number of hydrogen-bond donors (Lipinski definition) is 0. The normalized spacial score (nSPS) is 11.7. The Morgan fingerprint density at radius 2 is 1.75 bits per heavy atom. The van der Waals surface area contributed by atoms with Crippen LogP contribution in [0.1, 0.15) is 11.1 Å². The zero-order valence-electron chi connectivity index (χ0n) is 6.23. The molecular formula is C9H7F3. The van der Waals surface area contributed by atoms with Crippen LogP contribution in [0.25, 0.3) is 0 Å². The minimum Gasteiger partial charge on any atom is -0.166 e. The van der Waals surface area contributed by atoms with Crippen LogP contribution in [-0.4, -0.2) is 0 Å².